The second kappa shape index (κ2) is 37.5. The normalized spacial score (nSPS) is 11.3. The zero-order chi connectivity index (χ0) is 45.4. The number of carboxylic acid groups (broad SMARTS) is 1. The maximum Gasteiger partial charge on any atom is 0.408 e. The van der Waals surface area contributed by atoms with E-state index in [0.717, 1.165) is 56.1 Å². The summed E-state index contributed by atoms with van der Waals surface area (Å²) in [7, 11) is 0. The first-order valence-corrected chi connectivity index (χ1v) is 22.2. The fraction of sp³-hybridized carbons (Fsp3) is 0.609. The molecule has 17 heteroatoms. The van der Waals surface area contributed by atoms with Crippen LogP contribution in [-0.4, -0.2) is 119 Å². The lowest BCUT2D eigenvalue weighted by atomic mass is 10.1. The van der Waals surface area contributed by atoms with Crippen LogP contribution in [0.2, 0.25) is 0 Å². The van der Waals surface area contributed by atoms with E-state index in [1.54, 1.807) is 12.1 Å². The molecule has 352 valence electrons. The number of hydrogen-bond donors (Lipinski definition) is 5. The number of ether oxygens (including phenoxy) is 6. The van der Waals surface area contributed by atoms with Crippen molar-refractivity contribution < 1.29 is 62.3 Å². The third-order valence-electron chi connectivity index (χ3n) is 9.40. The molecule has 0 spiro atoms. The van der Waals surface area contributed by atoms with Crippen LogP contribution in [0.4, 0.5) is 4.79 Å². The molecule has 63 heavy (non-hydrogen) atoms. The Balaban J connectivity index is 1.26. The van der Waals surface area contributed by atoms with Gasteiger partial charge in [0.05, 0.1) is 52.9 Å². The first kappa shape index (κ1) is 54.0. The molecule has 17 nitrogen and oxygen atoms in total. The van der Waals surface area contributed by atoms with Gasteiger partial charge in [-0.3, -0.25) is 19.2 Å². The Morgan fingerprint density at radius 3 is 1.43 bits per heavy atom. The van der Waals surface area contributed by atoms with Crippen LogP contribution in [0.1, 0.15) is 101 Å². The van der Waals surface area contributed by atoms with Gasteiger partial charge in [0.25, 0.3) is 0 Å². The first-order chi connectivity index (χ1) is 30.7. The van der Waals surface area contributed by atoms with Gasteiger partial charge in [0.2, 0.25) is 17.7 Å². The standard InChI is InChI=1S/C46H70N4O13/c51-41(21-12-4-2-1-3-5-13-22-44(54)62-36-38-16-8-6-9-17-38)48-26-30-60-34-33-59-29-24-43(53)49-27-31-61-35-32-58-28-23-42(52)47-25-15-14-20-40(45(55)56)50-46(57)63-37-39-18-10-7-11-19-39/h6-11,16-19,40H,1-5,12-15,20-37H2,(H,47,52)(H,48,51)(H,49,53)(H,50,57)(H,55,56). The molecule has 0 aliphatic carbocycles. The summed E-state index contributed by atoms with van der Waals surface area (Å²) >= 11 is 0. The van der Waals surface area contributed by atoms with E-state index in [1.807, 2.05) is 48.5 Å². The fourth-order valence-corrected chi connectivity index (χ4v) is 5.88. The number of aliphatic carboxylic acids is 1. The largest absolute Gasteiger partial charge is 0.480 e. The molecule has 1 atom stereocenters. The predicted molar refractivity (Wildman–Crippen MR) is 234 cm³/mol. The molecule has 5 N–H and O–H groups in total. The van der Waals surface area contributed by atoms with Gasteiger partial charge in [0, 0.05) is 45.3 Å². The number of carbonyl (C=O) groups excluding carboxylic acids is 5. The number of amides is 4. The first-order valence-electron chi connectivity index (χ1n) is 22.2. The van der Waals surface area contributed by atoms with E-state index >= 15 is 0 Å². The average molecular weight is 887 g/mol. The van der Waals surface area contributed by atoms with Crippen LogP contribution in [0.25, 0.3) is 0 Å². The van der Waals surface area contributed by atoms with Gasteiger partial charge in [-0.25, -0.2) is 9.59 Å². The Morgan fingerprint density at radius 1 is 0.460 bits per heavy atom. The van der Waals surface area contributed by atoms with Gasteiger partial charge in [-0.15, -0.1) is 0 Å². The number of rotatable bonds is 39. The van der Waals surface area contributed by atoms with Crippen molar-refractivity contribution in [2.75, 3.05) is 72.5 Å². The maximum atomic E-state index is 12.0. The molecular weight excluding hydrogens is 817 g/mol. The molecule has 1 unspecified atom stereocenters. The lowest BCUT2D eigenvalue weighted by molar-refractivity contribution is -0.145. The third-order valence-corrected chi connectivity index (χ3v) is 9.40. The molecule has 0 radical (unpaired) electrons. The SMILES string of the molecule is O=C(CCCCCCCCCC(=O)OCc1ccccc1)NCCOCCOCCC(=O)NCCOCCOCCC(=O)NCCCCC(NC(=O)OCc1ccccc1)C(=O)O. The molecule has 0 aliphatic rings. The van der Waals surface area contributed by atoms with Crippen molar-refractivity contribution in [3.63, 3.8) is 0 Å². The zero-order valence-electron chi connectivity index (χ0n) is 36.8. The predicted octanol–water partition coefficient (Wildman–Crippen LogP) is 4.99. The van der Waals surface area contributed by atoms with Crippen molar-refractivity contribution in [2.45, 2.75) is 109 Å². The quantitative estimate of drug-likeness (QED) is 0.0442. The van der Waals surface area contributed by atoms with Crippen molar-refractivity contribution in [3.05, 3.63) is 71.8 Å². The Hall–Kier alpha value is -5.10. The van der Waals surface area contributed by atoms with E-state index in [9.17, 15) is 33.9 Å². The van der Waals surface area contributed by atoms with Crippen molar-refractivity contribution >= 4 is 35.8 Å². The van der Waals surface area contributed by atoms with Gasteiger partial charge in [-0.2, -0.15) is 0 Å². The lowest BCUT2D eigenvalue weighted by Gasteiger charge is -2.14. The molecule has 2 rings (SSSR count). The monoisotopic (exact) mass is 886 g/mol. The van der Waals surface area contributed by atoms with E-state index in [4.69, 9.17) is 28.4 Å². The molecule has 0 aromatic heterocycles. The van der Waals surface area contributed by atoms with Gasteiger partial charge < -0.3 is 54.8 Å². The van der Waals surface area contributed by atoms with Gasteiger partial charge in [0.1, 0.15) is 19.3 Å². The highest BCUT2D eigenvalue weighted by molar-refractivity contribution is 5.80. The number of alkyl carbamates (subject to hydrolysis) is 1. The highest BCUT2D eigenvalue weighted by Gasteiger charge is 2.20. The molecule has 0 heterocycles. The van der Waals surface area contributed by atoms with Crippen LogP contribution >= 0.6 is 0 Å². The number of hydrogen-bond acceptors (Lipinski definition) is 12. The summed E-state index contributed by atoms with van der Waals surface area (Å²) in [6.07, 6.45) is 8.62. The Kier molecular flexibility index (Phi) is 32.1. The number of carboxylic acids is 1. The number of nitrogens with one attached hydrogen (secondary N) is 4. The van der Waals surface area contributed by atoms with E-state index in [0.29, 0.717) is 91.6 Å². The summed E-state index contributed by atoms with van der Waals surface area (Å²) in [4.78, 5) is 71.5. The number of esters is 1. The van der Waals surface area contributed by atoms with Crippen LogP contribution in [-0.2, 0) is 65.6 Å². The minimum atomic E-state index is -1.16. The Labute approximate surface area is 372 Å². The zero-order valence-corrected chi connectivity index (χ0v) is 36.8. The summed E-state index contributed by atoms with van der Waals surface area (Å²) < 4.78 is 32.2. The third kappa shape index (κ3) is 32.3. The van der Waals surface area contributed by atoms with Crippen molar-refractivity contribution in [3.8, 4) is 0 Å². The van der Waals surface area contributed by atoms with Gasteiger partial charge in [-0.1, -0.05) is 92.8 Å². The molecule has 0 aliphatic heterocycles. The highest BCUT2D eigenvalue weighted by atomic mass is 16.6. The van der Waals surface area contributed by atoms with Crippen LogP contribution in [0.15, 0.2) is 60.7 Å². The summed E-state index contributed by atoms with van der Waals surface area (Å²) in [5.74, 6) is -1.64. The van der Waals surface area contributed by atoms with Crippen molar-refractivity contribution in [1.29, 1.82) is 0 Å². The van der Waals surface area contributed by atoms with Crippen LogP contribution in [0, 0.1) is 0 Å². The van der Waals surface area contributed by atoms with Gasteiger partial charge in [-0.05, 0) is 43.2 Å². The maximum absolute atomic E-state index is 12.0. The Bertz CT molecular complexity index is 1530. The van der Waals surface area contributed by atoms with Crippen LogP contribution < -0.4 is 21.3 Å². The summed E-state index contributed by atoms with van der Waals surface area (Å²) in [6.45, 7) is 3.97. The molecule has 0 fully saturated rings. The summed E-state index contributed by atoms with van der Waals surface area (Å²) in [5, 5.41) is 20.2. The Morgan fingerprint density at radius 2 is 0.905 bits per heavy atom. The molecule has 0 saturated carbocycles. The number of unbranched alkanes of at least 4 members (excludes halogenated alkanes) is 7. The second-order valence-electron chi connectivity index (χ2n) is 14.7. The highest BCUT2D eigenvalue weighted by Crippen LogP contribution is 2.11. The molecule has 2 aromatic rings. The summed E-state index contributed by atoms with van der Waals surface area (Å²) in [5.41, 5.74) is 1.78. The van der Waals surface area contributed by atoms with Gasteiger partial charge in [0.15, 0.2) is 0 Å². The molecular formula is C46H70N4O13. The average Bonchev–Trinajstić information content (AvgIpc) is 3.28. The molecule has 4 amide bonds. The van der Waals surface area contributed by atoms with Crippen molar-refractivity contribution in [2.24, 2.45) is 0 Å². The van der Waals surface area contributed by atoms with Crippen LogP contribution in [0.5, 0.6) is 0 Å². The van der Waals surface area contributed by atoms with Crippen molar-refractivity contribution in [1.82, 2.24) is 21.3 Å². The minimum Gasteiger partial charge on any atom is -0.480 e. The second-order valence-corrected chi connectivity index (χ2v) is 14.7. The number of carbonyl (C=O) groups is 6. The topological polar surface area (TPSA) is 226 Å². The van der Waals surface area contributed by atoms with E-state index in [2.05, 4.69) is 21.3 Å². The smallest absolute Gasteiger partial charge is 0.408 e. The number of benzene rings is 2. The van der Waals surface area contributed by atoms with E-state index in [1.165, 1.54) is 0 Å². The van der Waals surface area contributed by atoms with Crippen LogP contribution in [0.3, 0.4) is 0 Å². The summed E-state index contributed by atoms with van der Waals surface area (Å²) in [6, 6.07) is 17.6. The fourth-order valence-electron chi connectivity index (χ4n) is 5.88. The molecule has 0 saturated heterocycles. The van der Waals surface area contributed by atoms with E-state index < -0.39 is 18.1 Å². The van der Waals surface area contributed by atoms with E-state index in [-0.39, 0.29) is 62.8 Å². The lowest BCUT2D eigenvalue weighted by Crippen LogP contribution is -2.41. The minimum absolute atomic E-state index is 0.0142. The van der Waals surface area contributed by atoms with Gasteiger partial charge >= 0.3 is 18.0 Å². The molecule has 0 bridgehead atoms. The molecule has 2 aromatic carbocycles.